The quantitative estimate of drug-likeness (QED) is 0.883. The molecule has 1 aromatic carbocycles. The maximum atomic E-state index is 5.92. The van der Waals surface area contributed by atoms with Crippen LogP contribution in [0, 0.1) is 5.92 Å². The lowest BCUT2D eigenvalue weighted by Gasteiger charge is -2.09. The molecule has 21 heavy (non-hydrogen) atoms. The SMILES string of the molecule is COc1cccc(Sc2ccc(N)c(OCC3CC3)n2)c1. The van der Waals surface area contributed by atoms with Crippen LogP contribution in [0.3, 0.4) is 0 Å². The molecule has 0 radical (unpaired) electrons. The Morgan fingerprint density at radius 3 is 2.90 bits per heavy atom. The average molecular weight is 302 g/mol. The predicted molar refractivity (Wildman–Crippen MR) is 84.0 cm³/mol. The molecule has 4 nitrogen and oxygen atoms in total. The van der Waals surface area contributed by atoms with E-state index < -0.39 is 0 Å². The van der Waals surface area contributed by atoms with Crippen LogP contribution in [0.15, 0.2) is 46.3 Å². The number of rotatable bonds is 6. The van der Waals surface area contributed by atoms with E-state index in [9.17, 15) is 0 Å². The second kappa shape index (κ2) is 6.26. The van der Waals surface area contributed by atoms with Gasteiger partial charge in [0.2, 0.25) is 5.88 Å². The van der Waals surface area contributed by atoms with Crippen molar-refractivity contribution >= 4 is 17.4 Å². The van der Waals surface area contributed by atoms with Crippen LogP contribution < -0.4 is 15.2 Å². The monoisotopic (exact) mass is 302 g/mol. The van der Waals surface area contributed by atoms with Crippen LogP contribution >= 0.6 is 11.8 Å². The number of methoxy groups -OCH3 is 1. The van der Waals surface area contributed by atoms with Gasteiger partial charge in [-0.3, -0.25) is 0 Å². The molecule has 0 saturated heterocycles. The highest BCUT2D eigenvalue weighted by molar-refractivity contribution is 7.99. The van der Waals surface area contributed by atoms with Gasteiger partial charge >= 0.3 is 0 Å². The first-order valence-corrected chi connectivity index (χ1v) is 7.77. The van der Waals surface area contributed by atoms with Gasteiger partial charge in [0.25, 0.3) is 0 Å². The molecule has 5 heteroatoms. The molecule has 1 saturated carbocycles. The maximum Gasteiger partial charge on any atom is 0.238 e. The fourth-order valence-corrected chi connectivity index (χ4v) is 2.70. The summed E-state index contributed by atoms with van der Waals surface area (Å²) in [6, 6.07) is 11.6. The van der Waals surface area contributed by atoms with Crippen molar-refractivity contribution in [2.75, 3.05) is 19.5 Å². The van der Waals surface area contributed by atoms with Gasteiger partial charge in [0, 0.05) is 4.90 Å². The second-order valence-electron chi connectivity index (χ2n) is 5.08. The van der Waals surface area contributed by atoms with Crippen LogP contribution in [0.4, 0.5) is 5.69 Å². The fraction of sp³-hybridized carbons (Fsp3) is 0.312. The summed E-state index contributed by atoms with van der Waals surface area (Å²) in [6.07, 6.45) is 2.50. The molecule has 1 aromatic heterocycles. The van der Waals surface area contributed by atoms with Crippen LogP contribution in [-0.2, 0) is 0 Å². The Bertz CT molecular complexity index is 629. The number of nitrogen functional groups attached to an aromatic ring is 1. The summed E-state index contributed by atoms with van der Waals surface area (Å²) in [4.78, 5) is 5.57. The summed E-state index contributed by atoms with van der Waals surface area (Å²) in [7, 11) is 1.66. The molecule has 0 amide bonds. The number of benzene rings is 1. The molecule has 1 heterocycles. The molecular formula is C16H18N2O2S. The Balaban J connectivity index is 1.73. The Morgan fingerprint density at radius 2 is 2.14 bits per heavy atom. The molecule has 0 bridgehead atoms. The van der Waals surface area contributed by atoms with Gasteiger partial charge in [-0.25, -0.2) is 4.98 Å². The van der Waals surface area contributed by atoms with Gasteiger partial charge in [0.15, 0.2) is 0 Å². The minimum absolute atomic E-state index is 0.537. The summed E-state index contributed by atoms with van der Waals surface area (Å²) in [5.74, 6) is 2.05. The molecule has 2 aromatic rings. The summed E-state index contributed by atoms with van der Waals surface area (Å²) >= 11 is 1.56. The Morgan fingerprint density at radius 1 is 1.29 bits per heavy atom. The van der Waals surface area contributed by atoms with Crippen LogP contribution in [0.2, 0.25) is 0 Å². The number of nitrogens with zero attached hydrogens (tertiary/aromatic N) is 1. The van der Waals surface area contributed by atoms with Gasteiger partial charge in [-0.15, -0.1) is 0 Å². The van der Waals surface area contributed by atoms with Crippen LogP contribution in [0.1, 0.15) is 12.8 Å². The van der Waals surface area contributed by atoms with Crippen molar-refractivity contribution in [3.63, 3.8) is 0 Å². The van der Waals surface area contributed by atoms with Crippen LogP contribution in [0.5, 0.6) is 11.6 Å². The van der Waals surface area contributed by atoms with Gasteiger partial charge in [-0.05, 0) is 49.1 Å². The summed E-state index contributed by atoms with van der Waals surface area (Å²) in [5, 5.41) is 0.864. The van der Waals surface area contributed by atoms with Crippen molar-refractivity contribution < 1.29 is 9.47 Å². The molecule has 2 N–H and O–H groups in total. The highest BCUT2D eigenvalue weighted by Gasteiger charge is 2.22. The van der Waals surface area contributed by atoms with E-state index in [4.69, 9.17) is 15.2 Å². The third-order valence-corrected chi connectivity index (χ3v) is 4.21. The van der Waals surface area contributed by atoms with Crippen molar-refractivity contribution in [2.45, 2.75) is 22.8 Å². The number of ether oxygens (including phenoxy) is 2. The van der Waals surface area contributed by atoms with E-state index in [2.05, 4.69) is 4.98 Å². The lowest BCUT2D eigenvalue weighted by molar-refractivity contribution is 0.288. The number of nitrogens with two attached hydrogens (primary N) is 1. The van der Waals surface area contributed by atoms with Crippen molar-refractivity contribution in [1.82, 2.24) is 4.98 Å². The van der Waals surface area contributed by atoms with Gasteiger partial charge in [-0.1, -0.05) is 17.8 Å². The van der Waals surface area contributed by atoms with E-state index >= 15 is 0 Å². The lowest BCUT2D eigenvalue weighted by Crippen LogP contribution is -2.04. The maximum absolute atomic E-state index is 5.92. The topological polar surface area (TPSA) is 57.4 Å². The highest BCUT2D eigenvalue weighted by Crippen LogP contribution is 2.33. The first-order valence-electron chi connectivity index (χ1n) is 6.96. The number of hydrogen-bond acceptors (Lipinski definition) is 5. The van der Waals surface area contributed by atoms with Crippen molar-refractivity contribution in [3.05, 3.63) is 36.4 Å². The zero-order chi connectivity index (χ0) is 14.7. The van der Waals surface area contributed by atoms with Crippen molar-refractivity contribution in [3.8, 4) is 11.6 Å². The van der Waals surface area contributed by atoms with Gasteiger partial charge in [-0.2, -0.15) is 0 Å². The van der Waals surface area contributed by atoms with Crippen molar-refractivity contribution in [1.29, 1.82) is 0 Å². The van der Waals surface area contributed by atoms with Gasteiger partial charge < -0.3 is 15.2 Å². The summed E-state index contributed by atoms with van der Waals surface area (Å²) < 4.78 is 10.9. The Hall–Kier alpha value is -1.88. The molecule has 0 spiro atoms. The average Bonchev–Trinajstić information content (AvgIpc) is 3.32. The van der Waals surface area contributed by atoms with E-state index in [1.54, 1.807) is 18.9 Å². The van der Waals surface area contributed by atoms with Crippen LogP contribution in [0.25, 0.3) is 0 Å². The molecular weight excluding hydrogens is 284 g/mol. The minimum atomic E-state index is 0.537. The molecule has 1 aliphatic rings. The first kappa shape index (κ1) is 14.1. The first-order chi connectivity index (χ1) is 10.2. The Kier molecular flexibility index (Phi) is 4.20. The second-order valence-corrected chi connectivity index (χ2v) is 6.17. The van der Waals surface area contributed by atoms with Gasteiger partial charge in [0.05, 0.1) is 19.4 Å². The Labute approximate surface area is 128 Å². The van der Waals surface area contributed by atoms with E-state index in [0.29, 0.717) is 24.1 Å². The number of aromatic nitrogens is 1. The number of hydrogen-bond donors (Lipinski definition) is 1. The van der Waals surface area contributed by atoms with Crippen LogP contribution in [-0.4, -0.2) is 18.7 Å². The predicted octanol–water partition coefficient (Wildman–Crippen LogP) is 3.61. The summed E-state index contributed by atoms with van der Waals surface area (Å²) in [6.45, 7) is 0.713. The minimum Gasteiger partial charge on any atom is -0.497 e. The van der Waals surface area contributed by atoms with E-state index in [0.717, 1.165) is 15.7 Å². The van der Waals surface area contributed by atoms with Crippen molar-refractivity contribution in [2.24, 2.45) is 5.92 Å². The van der Waals surface area contributed by atoms with E-state index in [-0.39, 0.29) is 0 Å². The molecule has 110 valence electrons. The fourth-order valence-electron chi connectivity index (χ4n) is 1.87. The molecule has 0 aliphatic heterocycles. The van der Waals surface area contributed by atoms with E-state index in [1.165, 1.54) is 12.8 Å². The molecule has 1 aliphatic carbocycles. The molecule has 3 rings (SSSR count). The molecule has 1 fully saturated rings. The zero-order valence-corrected chi connectivity index (χ0v) is 12.7. The number of pyridine rings is 1. The number of anilines is 1. The molecule has 0 unspecified atom stereocenters. The van der Waals surface area contributed by atoms with E-state index in [1.807, 2.05) is 36.4 Å². The van der Waals surface area contributed by atoms with Gasteiger partial charge in [0.1, 0.15) is 10.8 Å². The molecule has 0 atom stereocenters. The lowest BCUT2D eigenvalue weighted by atomic mass is 10.3. The standard InChI is InChI=1S/C16H18N2O2S/c1-19-12-3-2-4-13(9-12)21-15-8-7-14(17)16(18-15)20-10-11-5-6-11/h2-4,7-9,11H,5-6,10,17H2,1H3. The third kappa shape index (κ3) is 3.82. The smallest absolute Gasteiger partial charge is 0.238 e. The normalized spacial score (nSPS) is 14.0. The third-order valence-electron chi connectivity index (χ3n) is 3.28. The largest absolute Gasteiger partial charge is 0.497 e. The highest BCUT2D eigenvalue weighted by atomic mass is 32.2. The summed E-state index contributed by atoms with van der Waals surface area (Å²) in [5.41, 5.74) is 6.51. The zero-order valence-electron chi connectivity index (χ0n) is 11.9.